The number of hydrogen-bond acceptors (Lipinski definition) is 5. The first-order valence-corrected chi connectivity index (χ1v) is 11.7. The molecule has 0 spiro atoms. The molecule has 8 nitrogen and oxygen atoms in total. The maximum Gasteiger partial charge on any atom is 0.315 e. The van der Waals surface area contributed by atoms with Crippen molar-refractivity contribution in [2.24, 2.45) is 0 Å². The standard InChI is InChI=1S/C24H34F2N4O4.ClH/c1-14(2)30(16-7-6-8-27-13-16)22(32)17-12-18-19(11-15(17)3)34-24(4,5)23(33)29(18)10-9-28-21(31)20(25)26;/h11-12,14,16,20,27H,6-10,13H2,1-5H3,(H,28,31);1H/t16-;/m1./s1. The molecule has 2 aliphatic rings. The van der Waals surface area contributed by atoms with Crippen LogP contribution in [-0.2, 0) is 9.59 Å². The van der Waals surface area contributed by atoms with E-state index in [0.717, 1.165) is 25.9 Å². The molecule has 1 aromatic rings. The number of anilines is 1. The number of nitrogens with one attached hydrogen (secondary N) is 2. The zero-order valence-corrected chi connectivity index (χ0v) is 21.6. The number of halogens is 3. The minimum Gasteiger partial charge on any atom is -0.476 e. The Hall–Kier alpha value is -2.46. The lowest BCUT2D eigenvalue weighted by Crippen LogP contribution is -2.54. The largest absolute Gasteiger partial charge is 0.476 e. The molecule has 35 heavy (non-hydrogen) atoms. The highest BCUT2D eigenvalue weighted by Gasteiger charge is 2.42. The summed E-state index contributed by atoms with van der Waals surface area (Å²) in [6, 6.07) is 3.42. The molecule has 2 N–H and O–H groups in total. The first-order chi connectivity index (χ1) is 15.9. The average Bonchev–Trinajstić information content (AvgIpc) is 2.76. The first-order valence-electron chi connectivity index (χ1n) is 11.7. The maximum absolute atomic E-state index is 13.7. The molecule has 3 rings (SSSR count). The summed E-state index contributed by atoms with van der Waals surface area (Å²) in [6.07, 6.45) is -1.24. The van der Waals surface area contributed by atoms with Gasteiger partial charge < -0.3 is 25.2 Å². The fourth-order valence-corrected chi connectivity index (χ4v) is 4.57. The van der Waals surface area contributed by atoms with Gasteiger partial charge in [-0.2, -0.15) is 8.78 Å². The molecule has 2 aliphatic heterocycles. The Morgan fingerprint density at radius 3 is 2.57 bits per heavy atom. The molecule has 0 aromatic heterocycles. The quantitative estimate of drug-likeness (QED) is 0.581. The van der Waals surface area contributed by atoms with Crippen LogP contribution in [0.4, 0.5) is 14.5 Å². The van der Waals surface area contributed by atoms with Gasteiger partial charge in [-0.05, 0) is 71.7 Å². The van der Waals surface area contributed by atoms with E-state index in [1.165, 1.54) is 4.90 Å². The Morgan fingerprint density at radius 2 is 2.00 bits per heavy atom. The molecule has 1 atom stereocenters. The Kier molecular flexibility index (Phi) is 9.47. The van der Waals surface area contributed by atoms with Crippen LogP contribution in [-0.4, -0.2) is 72.9 Å². The number of fused-ring (bicyclic) bond motifs is 1. The lowest BCUT2D eigenvalue weighted by atomic mass is 9.97. The van der Waals surface area contributed by atoms with Crippen LogP contribution in [0.25, 0.3) is 0 Å². The Balaban J connectivity index is 0.00000432. The zero-order chi connectivity index (χ0) is 25.2. The van der Waals surface area contributed by atoms with E-state index in [-0.39, 0.29) is 49.4 Å². The predicted octanol–water partition coefficient (Wildman–Crippen LogP) is 2.90. The maximum atomic E-state index is 13.7. The summed E-state index contributed by atoms with van der Waals surface area (Å²) in [5.41, 5.74) is 0.371. The fraction of sp³-hybridized carbons (Fsp3) is 0.625. The molecule has 0 aliphatic carbocycles. The van der Waals surface area contributed by atoms with Gasteiger partial charge in [0, 0.05) is 37.3 Å². The summed E-state index contributed by atoms with van der Waals surface area (Å²) < 4.78 is 31.0. The summed E-state index contributed by atoms with van der Waals surface area (Å²) in [5.74, 6) is -1.49. The molecular weight excluding hydrogens is 482 g/mol. The lowest BCUT2D eigenvalue weighted by Gasteiger charge is -2.40. The van der Waals surface area contributed by atoms with Crippen molar-refractivity contribution in [3.05, 3.63) is 23.3 Å². The number of alkyl halides is 2. The summed E-state index contributed by atoms with van der Waals surface area (Å²) >= 11 is 0. The number of piperidine rings is 1. The van der Waals surface area contributed by atoms with Crippen molar-refractivity contribution in [1.82, 2.24) is 15.5 Å². The molecule has 1 fully saturated rings. The van der Waals surface area contributed by atoms with Crippen LogP contribution >= 0.6 is 12.4 Å². The van der Waals surface area contributed by atoms with E-state index in [9.17, 15) is 23.2 Å². The second-order valence-electron chi connectivity index (χ2n) is 9.60. The predicted molar refractivity (Wildman–Crippen MR) is 132 cm³/mol. The third kappa shape index (κ3) is 6.22. The van der Waals surface area contributed by atoms with Gasteiger partial charge in [-0.15, -0.1) is 12.4 Å². The molecular formula is C24H35ClF2N4O4. The topological polar surface area (TPSA) is 91.0 Å². The van der Waals surface area contributed by atoms with E-state index < -0.39 is 17.9 Å². The van der Waals surface area contributed by atoms with E-state index in [4.69, 9.17) is 4.74 Å². The molecule has 0 unspecified atom stereocenters. The smallest absolute Gasteiger partial charge is 0.315 e. The molecule has 196 valence electrons. The van der Waals surface area contributed by atoms with Crippen LogP contribution in [0.1, 0.15) is 56.5 Å². The summed E-state index contributed by atoms with van der Waals surface area (Å²) in [4.78, 5) is 41.4. The highest BCUT2D eigenvalue weighted by atomic mass is 35.5. The van der Waals surface area contributed by atoms with E-state index in [1.54, 1.807) is 26.0 Å². The number of ether oxygens (including phenoxy) is 1. The van der Waals surface area contributed by atoms with Crippen LogP contribution in [0, 0.1) is 6.92 Å². The fourth-order valence-electron chi connectivity index (χ4n) is 4.57. The van der Waals surface area contributed by atoms with Crippen molar-refractivity contribution in [2.75, 3.05) is 31.1 Å². The van der Waals surface area contributed by atoms with Crippen molar-refractivity contribution in [3.63, 3.8) is 0 Å². The average molecular weight is 517 g/mol. The normalized spacial score (nSPS) is 19.1. The van der Waals surface area contributed by atoms with Gasteiger partial charge in [0.25, 0.3) is 17.7 Å². The van der Waals surface area contributed by atoms with Gasteiger partial charge >= 0.3 is 6.43 Å². The number of carbonyl (C=O) groups excluding carboxylic acids is 3. The van der Waals surface area contributed by atoms with Crippen LogP contribution in [0.15, 0.2) is 12.1 Å². The van der Waals surface area contributed by atoms with Crippen molar-refractivity contribution in [3.8, 4) is 5.75 Å². The van der Waals surface area contributed by atoms with Gasteiger partial charge in [0.15, 0.2) is 5.60 Å². The van der Waals surface area contributed by atoms with Crippen LogP contribution in [0.3, 0.4) is 0 Å². The lowest BCUT2D eigenvalue weighted by molar-refractivity contribution is -0.133. The van der Waals surface area contributed by atoms with E-state index in [2.05, 4.69) is 10.6 Å². The Labute approximate surface area is 211 Å². The minimum atomic E-state index is -3.13. The van der Waals surface area contributed by atoms with Gasteiger partial charge in [-0.3, -0.25) is 14.4 Å². The number of aryl methyl sites for hydroxylation is 1. The third-order valence-corrected chi connectivity index (χ3v) is 6.24. The first kappa shape index (κ1) is 28.8. The van der Waals surface area contributed by atoms with E-state index >= 15 is 0 Å². The van der Waals surface area contributed by atoms with Crippen LogP contribution in [0.2, 0.25) is 0 Å². The van der Waals surface area contributed by atoms with Crippen LogP contribution in [0.5, 0.6) is 5.75 Å². The molecule has 0 saturated carbocycles. The number of benzene rings is 1. The molecule has 3 amide bonds. The van der Waals surface area contributed by atoms with Gasteiger partial charge in [0.2, 0.25) is 0 Å². The summed E-state index contributed by atoms with van der Waals surface area (Å²) in [5, 5.41) is 5.48. The molecule has 11 heteroatoms. The molecule has 1 aromatic carbocycles. The van der Waals surface area contributed by atoms with Crippen molar-refractivity contribution >= 4 is 35.8 Å². The number of nitrogens with zero attached hydrogens (tertiary/aromatic N) is 2. The van der Waals surface area contributed by atoms with Crippen molar-refractivity contribution in [2.45, 2.75) is 71.6 Å². The van der Waals surface area contributed by atoms with Crippen LogP contribution < -0.4 is 20.3 Å². The highest BCUT2D eigenvalue weighted by molar-refractivity contribution is 6.05. The number of hydrogen-bond donors (Lipinski definition) is 2. The minimum absolute atomic E-state index is 0. The highest BCUT2D eigenvalue weighted by Crippen LogP contribution is 2.40. The summed E-state index contributed by atoms with van der Waals surface area (Å²) in [6.45, 7) is 10.5. The van der Waals surface area contributed by atoms with Gasteiger partial charge in [0.1, 0.15) is 5.75 Å². The van der Waals surface area contributed by atoms with Crippen molar-refractivity contribution in [1.29, 1.82) is 0 Å². The third-order valence-electron chi connectivity index (χ3n) is 6.24. The summed E-state index contributed by atoms with van der Waals surface area (Å²) in [7, 11) is 0. The van der Waals surface area contributed by atoms with E-state index in [1.807, 2.05) is 25.7 Å². The van der Waals surface area contributed by atoms with Crippen molar-refractivity contribution < 1.29 is 27.9 Å². The zero-order valence-electron chi connectivity index (χ0n) is 20.8. The monoisotopic (exact) mass is 516 g/mol. The van der Waals surface area contributed by atoms with E-state index in [0.29, 0.717) is 22.6 Å². The Bertz CT molecular complexity index is 952. The molecule has 1 saturated heterocycles. The number of carbonyl (C=O) groups is 3. The SMILES string of the molecule is Cc1cc2c(cc1C(=O)N(C(C)C)[C@@H]1CCCNC1)N(CCNC(=O)C(F)F)C(=O)C(C)(C)O2.Cl. The molecule has 0 radical (unpaired) electrons. The number of amides is 3. The molecule has 2 heterocycles. The second-order valence-corrected chi connectivity index (χ2v) is 9.60. The second kappa shape index (κ2) is 11.5. The number of rotatable bonds is 7. The van der Waals surface area contributed by atoms with Gasteiger partial charge in [-0.25, -0.2) is 0 Å². The Morgan fingerprint density at radius 1 is 1.31 bits per heavy atom. The molecule has 0 bridgehead atoms. The van der Waals surface area contributed by atoms with Gasteiger partial charge in [0.05, 0.1) is 5.69 Å². The van der Waals surface area contributed by atoms with Gasteiger partial charge in [-0.1, -0.05) is 0 Å².